The van der Waals surface area contributed by atoms with Gasteiger partial charge < -0.3 is 11.1 Å². The second-order valence-electron chi connectivity index (χ2n) is 6.45. The second kappa shape index (κ2) is 5.20. The summed E-state index contributed by atoms with van der Waals surface area (Å²) in [7, 11) is 1.88. The summed E-state index contributed by atoms with van der Waals surface area (Å²) in [6.45, 7) is 1.97. The molecule has 2 atom stereocenters. The van der Waals surface area contributed by atoms with Crippen LogP contribution in [0, 0.1) is 24.7 Å². The highest BCUT2D eigenvalue weighted by Gasteiger charge is 2.40. The Bertz CT molecular complexity index is 496. The molecule has 0 saturated heterocycles. The lowest BCUT2D eigenvalue weighted by Crippen LogP contribution is -2.48. The van der Waals surface area contributed by atoms with E-state index in [1.807, 2.05) is 14.0 Å². The van der Waals surface area contributed by atoms with E-state index in [1.54, 1.807) is 10.9 Å². The zero-order chi connectivity index (χ0) is 14.3. The first kappa shape index (κ1) is 13.6. The summed E-state index contributed by atoms with van der Waals surface area (Å²) in [5, 5.41) is 7.21. The molecule has 0 spiro atoms. The van der Waals surface area contributed by atoms with E-state index in [0.29, 0.717) is 17.9 Å². The third-order valence-corrected chi connectivity index (χ3v) is 5.28. The third-order valence-electron chi connectivity index (χ3n) is 5.28. The summed E-state index contributed by atoms with van der Waals surface area (Å²) in [4.78, 5) is 12.5. The van der Waals surface area contributed by atoms with E-state index in [0.717, 1.165) is 24.2 Å². The number of aromatic nitrogens is 2. The van der Waals surface area contributed by atoms with Gasteiger partial charge in [0.25, 0.3) is 0 Å². The zero-order valence-corrected chi connectivity index (χ0v) is 12.3. The third kappa shape index (κ3) is 2.35. The summed E-state index contributed by atoms with van der Waals surface area (Å²) in [5.41, 5.74) is 8.10. The summed E-state index contributed by atoms with van der Waals surface area (Å²) in [6, 6.07) is 0.313. The fourth-order valence-electron chi connectivity index (χ4n) is 3.86. The number of fused-ring (bicyclic) bond motifs is 2. The van der Waals surface area contributed by atoms with E-state index in [4.69, 9.17) is 5.73 Å². The molecule has 2 aliphatic rings. The van der Waals surface area contributed by atoms with Crippen molar-refractivity contribution in [1.29, 1.82) is 0 Å². The molecule has 0 aliphatic heterocycles. The first-order valence-corrected chi connectivity index (χ1v) is 7.61. The number of rotatable bonds is 2. The normalized spacial score (nSPS) is 33.0. The van der Waals surface area contributed by atoms with Crippen LogP contribution in [0.1, 0.15) is 37.8 Å². The first-order valence-electron chi connectivity index (χ1n) is 7.61. The van der Waals surface area contributed by atoms with E-state index < -0.39 is 0 Å². The number of nitrogens with one attached hydrogen (secondary N) is 1. The minimum absolute atomic E-state index is 0.115. The molecule has 3 rings (SSSR count). The number of hydrogen-bond acceptors (Lipinski definition) is 3. The monoisotopic (exact) mass is 276 g/mol. The molecular weight excluding hydrogens is 252 g/mol. The van der Waals surface area contributed by atoms with Crippen LogP contribution in [0.15, 0.2) is 6.20 Å². The van der Waals surface area contributed by atoms with E-state index >= 15 is 0 Å². The van der Waals surface area contributed by atoms with Crippen LogP contribution in [0.5, 0.6) is 0 Å². The maximum atomic E-state index is 12.5. The fourth-order valence-corrected chi connectivity index (χ4v) is 3.86. The van der Waals surface area contributed by atoms with Gasteiger partial charge in [-0.3, -0.25) is 9.48 Å². The Balaban J connectivity index is 1.67. The average molecular weight is 276 g/mol. The highest BCUT2D eigenvalue weighted by atomic mass is 16.1. The minimum atomic E-state index is 0.115. The van der Waals surface area contributed by atoms with Crippen LogP contribution < -0.4 is 11.1 Å². The van der Waals surface area contributed by atoms with E-state index in [9.17, 15) is 4.79 Å². The number of aryl methyl sites for hydroxylation is 1. The number of nitrogens with zero attached hydrogens (tertiary/aromatic N) is 2. The van der Waals surface area contributed by atoms with Gasteiger partial charge in [-0.15, -0.1) is 0 Å². The highest BCUT2D eigenvalue weighted by Crippen LogP contribution is 2.42. The Morgan fingerprint density at radius 1 is 1.40 bits per heavy atom. The standard InChI is InChI=1S/C15H24N4O/c1-9-13(8-17-19(9)2)18-15(20)12-6-10-4-3-5-11(7-12)14(10)16/h8,10-12,14H,3-7,16H2,1-2H3,(H,18,20). The molecule has 2 saturated carbocycles. The molecule has 1 amide bonds. The quantitative estimate of drug-likeness (QED) is 0.865. The van der Waals surface area contributed by atoms with Gasteiger partial charge in [0.15, 0.2) is 0 Å². The number of nitrogens with two attached hydrogens (primary N) is 1. The lowest BCUT2D eigenvalue weighted by molar-refractivity contribution is -0.122. The Hall–Kier alpha value is -1.36. The van der Waals surface area contributed by atoms with Gasteiger partial charge in [0, 0.05) is 19.0 Å². The maximum Gasteiger partial charge on any atom is 0.227 e. The van der Waals surface area contributed by atoms with Gasteiger partial charge in [-0.05, 0) is 44.4 Å². The second-order valence-corrected chi connectivity index (χ2v) is 6.45. The molecule has 20 heavy (non-hydrogen) atoms. The average Bonchev–Trinajstić information content (AvgIpc) is 2.70. The summed E-state index contributed by atoms with van der Waals surface area (Å²) >= 11 is 0. The SMILES string of the molecule is Cc1c(NC(=O)C2CC3CCCC(C2)C3N)cnn1C. The lowest BCUT2D eigenvalue weighted by Gasteiger charge is -2.43. The van der Waals surface area contributed by atoms with E-state index in [-0.39, 0.29) is 11.8 Å². The van der Waals surface area contributed by atoms with Gasteiger partial charge in [-0.2, -0.15) is 5.10 Å². The van der Waals surface area contributed by atoms with Crippen molar-refractivity contribution in [2.75, 3.05) is 5.32 Å². The molecule has 2 aliphatic carbocycles. The van der Waals surface area contributed by atoms with Gasteiger partial charge >= 0.3 is 0 Å². The number of amides is 1. The summed E-state index contributed by atoms with van der Waals surface area (Å²) < 4.78 is 1.78. The molecule has 110 valence electrons. The Labute approximate surface area is 119 Å². The first-order chi connectivity index (χ1) is 9.56. The minimum Gasteiger partial charge on any atom is -0.327 e. The number of anilines is 1. The summed E-state index contributed by atoms with van der Waals surface area (Å²) in [6.07, 6.45) is 7.27. The lowest BCUT2D eigenvalue weighted by atomic mass is 9.65. The van der Waals surface area contributed by atoms with Crippen molar-refractivity contribution in [2.45, 2.75) is 45.1 Å². The van der Waals surface area contributed by atoms with Crippen LogP contribution in [0.2, 0.25) is 0 Å². The van der Waals surface area contributed by atoms with Crippen molar-refractivity contribution >= 4 is 11.6 Å². The predicted octanol–water partition coefficient (Wildman–Crippen LogP) is 1.82. The molecule has 2 unspecified atom stereocenters. The molecule has 5 nitrogen and oxygen atoms in total. The Morgan fingerprint density at radius 2 is 2.05 bits per heavy atom. The van der Waals surface area contributed by atoms with Crippen LogP contribution in [-0.4, -0.2) is 21.7 Å². The van der Waals surface area contributed by atoms with Crippen molar-refractivity contribution < 1.29 is 4.79 Å². The zero-order valence-electron chi connectivity index (χ0n) is 12.3. The molecular formula is C15H24N4O. The highest BCUT2D eigenvalue weighted by molar-refractivity contribution is 5.93. The van der Waals surface area contributed by atoms with Crippen LogP contribution >= 0.6 is 0 Å². The van der Waals surface area contributed by atoms with Crippen LogP contribution in [0.3, 0.4) is 0 Å². The van der Waals surface area contributed by atoms with Crippen LogP contribution in [-0.2, 0) is 11.8 Å². The molecule has 1 aromatic heterocycles. The maximum absolute atomic E-state index is 12.5. The number of carbonyl (C=O) groups is 1. The molecule has 2 bridgehead atoms. The van der Waals surface area contributed by atoms with Gasteiger partial charge in [0.1, 0.15) is 0 Å². The van der Waals surface area contributed by atoms with E-state index in [2.05, 4.69) is 10.4 Å². The molecule has 5 heteroatoms. The fraction of sp³-hybridized carbons (Fsp3) is 0.733. The molecule has 1 aromatic rings. The molecule has 0 radical (unpaired) electrons. The molecule has 3 N–H and O–H groups in total. The van der Waals surface area contributed by atoms with Crippen molar-refractivity contribution in [3.05, 3.63) is 11.9 Å². The predicted molar refractivity (Wildman–Crippen MR) is 78.1 cm³/mol. The van der Waals surface area contributed by atoms with Crippen molar-refractivity contribution in [1.82, 2.24) is 9.78 Å². The van der Waals surface area contributed by atoms with Gasteiger partial charge in [0.2, 0.25) is 5.91 Å². The Kier molecular flexibility index (Phi) is 3.54. The van der Waals surface area contributed by atoms with Crippen molar-refractivity contribution in [3.8, 4) is 0 Å². The van der Waals surface area contributed by atoms with Crippen LogP contribution in [0.4, 0.5) is 5.69 Å². The van der Waals surface area contributed by atoms with Crippen LogP contribution in [0.25, 0.3) is 0 Å². The van der Waals surface area contributed by atoms with Gasteiger partial charge in [-0.25, -0.2) is 0 Å². The topological polar surface area (TPSA) is 72.9 Å². The summed E-state index contributed by atoms with van der Waals surface area (Å²) in [5.74, 6) is 1.33. The molecule has 1 heterocycles. The van der Waals surface area contributed by atoms with Gasteiger partial charge in [-0.1, -0.05) is 6.42 Å². The van der Waals surface area contributed by atoms with Crippen molar-refractivity contribution in [3.63, 3.8) is 0 Å². The number of hydrogen-bond donors (Lipinski definition) is 2. The smallest absolute Gasteiger partial charge is 0.227 e. The largest absolute Gasteiger partial charge is 0.327 e. The molecule has 2 fully saturated rings. The van der Waals surface area contributed by atoms with E-state index in [1.165, 1.54) is 19.3 Å². The van der Waals surface area contributed by atoms with Crippen molar-refractivity contribution in [2.24, 2.45) is 30.5 Å². The van der Waals surface area contributed by atoms with Gasteiger partial charge in [0.05, 0.1) is 17.6 Å². The molecule has 0 aromatic carbocycles. The Morgan fingerprint density at radius 3 is 2.60 bits per heavy atom. The number of carbonyl (C=O) groups excluding carboxylic acids is 1.